The van der Waals surface area contributed by atoms with Crippen molar-refractivity contribution in [1.29, 1.82) is 0 Å². The molecular weight excluding hydrogens is 262 g/mol. The van der Waals surface area contributed by atoms with Crippen molar-refractivity contribution in [1.82, 2.24) is 0 Å². The van der Waals surface area contributed by atoms with Crippen molar-refractivity contribution < 1.29 is 9.53 Å². The molecule has 116 valence electrons. The molecule has 1 aliphatic carbocycles. The lowest BCUT2D eigenvalue weighted by atomic mass is 10.0. The molecule has 0 atom stereocenters. The van der Waals surface area contributed by atoms with Crippen LogP contribution in [0.4, 0.5) is 5.69 Å². The number of nitrogens with one attached hydrogen (secondary N) is 1. The number of carbonyl (C=O) groups excluding carboxylic acids is 1. The number of hydrogen-bond acceptors (Lipinski definition) is 3. The third-order valence-electron chi connectivity index (χ3n) is 4.13. The molecule has 1 fully saturated rings. The molecule has 0 bridgehead atoms. The Kier molecular flexibility index (Phi) is 6.58. The summed E-state index contributed by atoms with van der Waals surface area (Å²) in [5.41, 5.74) is 1.72. The summed E-state index contributed by atoms with van der Waals surface area (Å²) in [4.78, 5) is 11.7. The molecule has 0 saturated heterocycles. The van der Waals surface area contributed by atoms with Gasteiger partial charge in [0, 0.05) is 12.2 Å². The van der Waals surface area contributed by atoms with Crippen LogP contribution in [0.15, 0.2) is 24.3 Å². The number of rotatable bonds is 6. The van der Waals surface area contributed by atoms with E-state index in [9.17, 15) is 4.79 Å². The summed E-state index contributed by atoms with van der Waals surface area (Å²) in [5.74, 6) is 0.564. The summed E-state index contributed by atoms with van der Waals surface area (Å²) in [7, 11) is 0. The van der Waals surface area contributed by atoms with E-state index in [4.69, 9.17) is 4.74 Å². The molecule has 1 N–H and O–H groups in total. The first kappa shape index (κ1) is 15.9. The van der Waals surface area contributed by atoms with Crippen LogP contribution in [0.2, 0.25) is 0 Å². The van der Waals surface area contributed by atoms with Crippen LogP contribution in [-0.2, 0) is 4.74 Å². The van der Waals surface area contributed by atoms with Crippen LogP contribution < -0.4 is 5.32 Å². The van der Waals surface area contributed by atoms with E-state index in [1.807, 2.05) is 31.2 Å². The van der Waals surface area contributed by atoms with E-state index in [1.165, 1.54) is 38.5 Å². The molecule has 1 aromatic rings. The van der Waals surface area contributed by atoms with Crippen molar-refractivity contribution in [2.75, 3.05) is 18.5 Å². The fourth-order valence-corrected chi connectivity index (χ4v) is 2.83. The standard InChI is InChI=1S/C18H27NO2/c1-2-13-21-18(20)16-9-11-17(12-10-16)19-14-15-7-5-3-4-6-8-15/h9-12,15,19H,2-8,13-14H2,1H3. The molecule has 3 nitrogen and oxygen atoms in total. The van der Waals surface area contributed by atoms with E-state index in [-0.39, 0.29) is 5.97 Å². The van der Waals surface area contributed by atoms with Crippen molar-refractivity contribution in [3.8, 4) is 0 Å². The SMILES string of the molecule is CCCOC(=O)c1ccc(NCC2CCCCCC2)cc1. The number of anilines is 1. The third kappa shape index (κ3) is 5.41. The summed E-state index contributed by atoms with van der Waals surface area (Å²) in [5, 5.41) is 3.50. The molecule has 0 spiro atoms. The van der Waals surface area contributed by atoms with E-state index in [1.54, 1.807) is 0 Å². The Labute approximate surface area is 128 Å². The molecule has 0 radical (unpaired) electrons. The Morgan fingerprint density at radius 1 is 1.14 bits per heavy atom. The topological polar surface area (TPSA) is 38.3 Å². The maximum atomic E-state index is 11.7. The van der Waals surface area contributed by atoms with Gasteiger partial charge in [0.25, 0.3) is 0 Å². The Bertz CT molecular complexity index is 419. The van der Waals surface area contributed by atoms with Crippen molar-refractivity contribution in [3.05, 3.63) is 29.8 Å². The average Bonchev–Trinajstić information content (AvgIpc) is 2.80. The van der Waals surface area contributed by atoms with Gasteiger partial charge in [-0.1, -0.05) is 32.6 Å². The van der Waals surface area contributed by atoms with E-state index >= 15 is 0 Å². The van der Waals surface area contributed by atoms with Crippen molar-refractivity contribution in [3.63, 3.8) is 0 Å². The van der Waals surface area contributed by atoms with Gasteiger partial charge in [-0.25, -0.2) is 4.79 Å². The summed E-state index contributed by atoms with van der Waals surface area (Å²) in [6.45, 7) is 3.52. The number of ether oxygens (including phenoxy) is 1. The van der Waals surface area contributed by atoms with Crippen LogP contribution in [0, 0.1) is 5.92 Å². The van der Waals surface area contributed by atoms with Gasteiger partial charge in [0.15, 0.2) is 0 Å². The molecule has 1 saturated carbocycles. The van der Waals surface area contributed by atoms with Crippen LogP contribution in [0.3, 0.4) is 0 Å². The normalized spacial score (nSPS) is 16.2. The van der Waals surface area contributed by atoms with Crippen molar-refractivity contribution in [2.24, 2.45) is 5.92 Å². The molecule has 0 amide bonds. The van der Waals surface area contributed by atoms with Crippen LogP contribution in [0.5, 0.6) is 0 Å². The molecule has 0 heterocycles. The maximum Gasteiger partial charge on any atom is 0.338 e. The van der Waals surface area contributed by atoms with Crippen LogP contribution in [0.25, 0.3) is 0 Å². The first-order valence-corrected chi connectivity index (χ1v) is 8.30. The average molecular weight is 289 g/mol. The van der Waals surface area contributed by atoms with E-state index in [0.717, 1.165) is 24.6 Å². The summed E-state index contributed by atoms with van der Waals surface area (Å²) >= 11 is 0. The molecule has 21 heavy (non-hydrogen) atoms. The van der Waals surface area contributed by atoms with Crippen LogP contribution in [-0.4, -0.2) is 19.1 Å². The Hall–Kier alpha value is -1.51. The fraction of sp³-hybridized carbons (Fsp3) is 0.611. The highest BCUT2D eigenvalue weighted by molar-refractivity contribution is 5.89. The predicted molar refractivity (Wildman–Crippen MR) is 86.7 cm³/mol. The van der Waals surface area contributed by atoms with Gasteiger partial charge in [-0.15, -0.1) is 0 Å². The highest BCUT2D eigenvalue weighted by Crippen LogP contribution is 2.23. The molecular formula is C18H27NO2. The largest absolute Gasteiger partial charge is 0.462 e. The van der Waals surface area contributed by atoms with Crippen molar-refractivity contribution in [2.45, 2.75) is 51.9 Å². The summed E-state index contributed by atoms with van der Waals surface area (Å²) < 4.78 is 5.13. The second-order valence-corrected chi connectivity index (χ2v) is 5.95. The first-order valence-electron chi connectivity index (χ1n) is 8.30. The quantitative estimate of drug-likeness (QED) is 0.612. The minimum Gasteiger partial charge on any atom is -0.462 e. The molecule has 0 unspecified atom stereocenters. The molecule has 0 aliphatic heterocycles. The van der Waals surface area contributed by atoms with Gasteiger partial charge in [0.1, 0.15) is 0 Å². The second-order valence-electron chi connectivity index (χ2n) is 5.95. The number of esters is 1. The lowest BCUT2D eigenvalue weighted by Gasteiger charge is -2.15. The second kappa shape index (κ2) is 8.71. The molecule has 1 aliphatic rings. The minimum atomic E-state index is -0.229. The molecule has 3 heteroatoms. The highest BCUT2D eigenvalue weighted by atomic mass is 16.5. The van der Waals surface area contributed by atoms with E-state index in [0.29, 0.717) is 12.2 Å². The van der Waals surface area contributed by atoms with Gasteiger partial charge in [0.05, 0.1) is 12.2 Å². The van der Waals surface area contributed by atoms with Crippen molar-refractivity contribution >= 4 is 11.7 Å². The lowest BCUT2D eigenvalue weighted by Crippen LogP contribution is -2.13. The van der Waals surface area contributed by atoms with Gasteiger partial charge < -0.3 is 10.1 Å². The van der Waals surface area contributed by atoms with E-state index < -0.39 is 0 Å². The van der Waals surface area contributed by atoms with Crippen LogP contribution in [0.1, 0.15) is 62.2 Å². The zero-order chi connectivity index (χ0) is 14.9. The summed E-state index contributed by atoms with van der Waals surface area (Å²) in [6.07, 6.45) is 9.06. The maximum absolute atomic E-state index is 11.7. The first-order chi connectivity index (χ1) is 10.3. The lowest BCUT2D eigenvalue weighted by molar-refractivity contribution is 0.0505. The number of carbonyl (C=O) groups is 1. The molecule has 1 aromatic carbocycles. The number of hydrogen-bond donors (Lipinski definition) is 1. The molecule has 0 aromatic heterocycles. The fourth-order valence-electron chi connectivity index (χ4n) is 2.83. The van der Waals surface area contributed by atoms with E-state index in [2.05, 4.69) is 5.32 Å². The highest BCUT2D eigenvalue weighted by Gasteiger charge is 2.12. The molecule has 2 rings (SSSR count). The van der Waals surface area contributed by atoms with Crippen LogP contribution >= 0.6 is 0 Å². The minimum absolute atomic E-state index is 0.229. The third-order valence-corrected chi connectivity index (χ3v) is 4.13. The predicted octanol–water partition coefficient (Wildman–Crippen LogP) is 4.64. The van der Waals surface area contributed by atoms with Gasteiger partial charge in [-0.3, -0.25) is 0 Å². The Balaban J connectivity index is 1.80. The monoisotopic (exact) mass is 289 g/mol. The van der Waals surface area contributed by atoms with Gasteiger partial charge >= 0.3 is 5.97 Å². The van der Waals surface area contributed by atoms with Gasteiger partial charge in [-0.2, -0.15) is 0 Å². The Morgan fingerprint density at radius 3 is 2.43 bits per heavy atom. The Morgan fingerprint density at radius 2 is 1.81 bits per heavy atom. The number of benzene rings is 1. The summed E-state index contributed by atoms with van der Waals surface area (Å²) in [6, 6.07) is 7.62. The smallest absolute Gasteiger partial charge is 0.338 e. The van der Waals surface area contributed by atoms with Gasteiger partial charge in [-0.05, 0) is 49.4 Å². The van der Waals surface area contributed by atoms with Gasteiger partial charge in [0.2, 0.25) is 0 Å². The zero-order valence-electron chi connectivity index (χ0n) is 13.1. The zero-order valence-corrected chi connectivity index (χ0v) is 13.1.